The Labute approximate surface area is 195 Å². The zero-order chi connectivity index (χ0) is 24.9. The molecular weight excluding hydrogens is 442 g/mol. The molecule has 1 rings (SSSR count). The van der Waals surface area contributed by atoms with E-state index >= 15 is 0 Å². The summed E-state index contributed by atoms with van der Waals surface area (Å²) in [6, 6.07) is -0.939. The van der Waals surface area contributed by atoms with Crippen LogP contribution in [0.15, 0.2) is 0 Å². The number of aldehydes is 1. The van der Waals surface area contributed by atoms with Crippen molar-refractivity contribution in [3.8, 4) is 12.3 Å². The maximum absolute atomic E-state index is 13.2. The number of rotatable bonds is 9. The van der Waals surface area contributed by atoms with E-state index in [-0.39, 0.29) is 24.7 Å². The van der Waals surface area contributed by atoms with Crippen LogP contribution in [0.4, 0.5) is 4.79 Å². The van der Waals surface area contributed by atoms with Crippen molar-refractivity contribution in [2.45, 2.75) is 96.1 Å². The highest BCUT2D eigenvalue weighted by atomic mass is 28.4. The first-order chi connectivity index (χ1) is 14.6. The topological polar surface area (TPSA) is 82.1 Å². The molecule has 32 heavy (non-hydrogen) atoms. The Balaban J connectivity index is 3.31. The second-order valence-electron chi connectivity index (χ2n) is 11.1. The van der Waals surface area contributed by atoms with Gasteiger partial charge in [-0.15, -0.1) is 6.42 Å². The number of carbonyl (C=O) groups excluding carboxylic acids is 3. The molecule has 4 atom stereocenters. The van der Waals surface area contributed by atoms with E-state index in [0.717, 1.165) is 12.3 Å². The van der Waals surface area contributed by atoms with E-state index < -0.39 is 52.6 Å². The van der Waals surface area contributed by atoms with Crippen LogP contribution in [0.2, 0.25) is 43.8 Å². The van der Waals surface area contributed by atoms with E-state index in [1.807, 2.05) is 0 Å². The zero-order valence-electron chi connectivity index (χ0n) is 21.2. The Bertz CT molecular complexity index is 719. The maximum atomic E-state index is 13.2. The lowest BCUT2D eigenvalue weighted by atomic mass is 9.96. The molecule has 0 unspecified atom stereocenters. The van der Waals surface area contributed by atoms with Crippen molar-refractivity contribution in [1.29, 1.82) is 0 Å². The van der Waals surface area contributed by atoms with Crippen LogP contribution in [0.3, 0.4) is 0 Å². The molecule has 1 amide bonds. The molecule has 0 spiro atoms. The van der Waals surface area contributed by atoms with Crippen LogP contribution in [0, 0.1) is 18.3 Å². The van der Waals surface area contributed by atoms with Crippen LogP contribution in [0.5, 0.6) is 0 Å². The highest BCUT2D eigenvalue weighted by molar-refractivity contribution is 6.76. The Morgan fingerprint density at radius 2 is 1.78 bits per heavy atom. The molecule has 0 aromatic rings. The van der Waals surface area contributed by atoms with Crippen molar-refractivity contribution in [3.05, 3.63) is 0 Å². The first kappa shape index (κ1) is 28.4. The van der Waals surface area contributed by atoms with E-state index in [9.17, 15) is 14.4 Å². The Kier molecular flexibility index (Phi) is 9.75. The Morgan fingerprint density at radius 1 is 1.19 bits per heavy atom. The summed E-state index contributed by atoms with van der Waals surface area (Å²) in [6.07, 6.45) is 5.26. The van der Waals surface area contributed by atoms with Gasteiger partial charge >= 0.3 is 12.1 Å². The summed E-state index contributed by atoms with van der Waals surface area (Å²) in [5.74, 6) is 1.44. The first-order valence-corrected chi connectivity index (χ1v) is 17.9. The van der Waals surface area contributed by atoms with Gasteiger partial charge in [0.2, 0.25) is 0 Å². The van der Waals surface area contributed by atoms with Gasteiger partial charge in [-0.25, -0.2) is 9.59 Å². The van der Waals surface area contributed by atoms with Crippen molar-refractivity contribution in [2.24, 2.45) is 5.92 Å². The third-order valence-electron chi connectivity index (χ3n) is 6.32. The maximum Gasteiger partial charge on any atom is 0.410 e. The van der Waals surface area contributed by atoms with E-state index in [1.165, 1.54) is 4.90 Å². The van der Waals surface area contributed by atoms with Gasteiger partial charge in [0, 0.05) is 14.0 Å². The first-order valence-electron chi connectivity index (χ1n) is 11.3. The van der Waals surface area contributed by atoms with Crippen molar-refractivity contribution in [1.82, 2.24) is 4.90 Å². The average molecular weight is 484 g/mol. The molecule has 1 fully saturated rings. The molecule has 0 aromatic heterocycles. The van der Waals surface area contributed by atoms with Gasteiger partial charge in [-0.2, -0.15) is 0 Å². The number of terminal acetylenes is 1. The van der Waals surface area contributed by atoms with Crippen LogP contribution in [0.25, 0.3) is 0 Å². The van der Waals surface area contributed by atoms with Gasteiger partial charge < -0.3 is 18.7 Å². The van der Waals surface area contributed by atoms with Gasteiger partial charge in [-0.3, -0.25) is 4.90 Å². The Morgan fingerprint density at radius 3 is 2.22 bits per heavy atom. The molecule has 1 saturated heterocycles. The third-order valence-corrected chi connectivity index (χ3v) is 12.5. The summed E-state index contributed by atoms with van der Waals surface area (Å²) in [7, 11) is -3.75. The molecule has 1 heterocycles. The minimum atomic E-state index is -2.33. The molecule has 0 radical (unpaired) electrons. The quantitative estimate of drug-likeness (QED) is 0.210. The second kappa shape index (κ2) is 11.0. The van der Waals surface area contributed by atoms with Gasteiger partial charge in [-0.1, -0.05) is 46.3 Å². The molecular formula is C23H41NO6Si2. The van der Waals surface area contributed by atoms with Crippen LogP contribution >= 0.6 is 0 Å². The molecule has 7 nitrogen and oxygen atoms in total. The van der Waals surface area contributed by atoms with Crippen LogP contribution in [-0.2, 0) is 23.5 Å². The van der Waals surface area contributed by atoms with Crippen molar-refractivity contribution >= 4 is 34.7 Å². The lowest BCUT2D eigenvalue weighted by Crippen LogP contribution is -2.55. The summed E-state index contributed by atoms with van der Waals surface area (Å²) >= 11 is 0. The van der Waals surface area contributed by atoms with Crippen LogP contribution in [-0.4, -0.2) is 71.0 Å². The number of likely N-dealkylation sites (tertiary alicyclic amines) is 1. The highest BCUT2D eigenvalue weighted by Crippen LogP contribution is 2.40. The second-order valence-corrected chi connectivity index (χ2v) is 21.5. The fourth-order valence-electron chi connectivity index (χ4n) is 3.34. The molecule has 1 aliphatic heterocycles. The number of esters is 1. The van der Waals surface area contributed by atoms with E-state index in [0.29, 0.717) is 0 Å². The number of ether oxygens (including phenoxy) is 2. The molecule has 9 heteroatoms. The van der Waals surface area contributed by atoms with Crippen LogP contribution in [0.1, 0.15) is 34.1 Å². The van der Waals surface area contributed by atoms with Crippen LogP contribution < -0.4 is 0 Å². The smallest absolute Gasteiger partial charge is 0.410 e. The minimum Gasteiger partial charge on any atom is -0.464 e. The summed E-state index contributed by atoms with van der Waals surface area (Å²) in [5, 5.41) is -0.124. The Hall–Kier alpha value is -1.64. The number of carbonyl (C=O) groups is 3. The van der Waals surface area contributed by atoms with Crippen molar-refractivity contribution < 1.29 is 28.3 Å². The standard InChI is InChI=1S/C23H41NO6Si2/c1-11-19(30-32(9,10)23(3,4)5)20-17(16-25)15-18(21(26)28-12-2)24(20)22(27)29-13-14-31(6,7)8/h1,16-20H,12-15H2,2-10H3/t17-,18+,19-,20-/m0/s1. The van der Waals surface area contributed by atoms with Crippen molar-refractivity contribution in [2.75, 3.05) is 13.2 Å². The van der Waals surface area contributed by atoms with Gasteiger partial charge in [0.1, 0.15) is 18.4 Å². The van der Waals surface area contributed by atoms with E-state index in [1.54, 1.807) is 6.92 Å². The number of nitrogens with zero attached hydrogens (tertiary/aromatic N) is 1. The lowest BCUT2D eigenvalue weighted by Gasteiger charge is -2.41. The van der Waals surface area contributed by atoms with E-state index in [2.05, 4.69) is 59.4 Å². The normalized spacial score (nSPS) is 22.8. The largest absolute Gasteiger partial charge is 0.464 e. The molecule has 0 aromatic carbocycles. The van der Waals surface area contributed by atoms with Gasteiger partial charge in [0.15, 0.2) is 8.32 Å². The molecule has 182 valence electrons. The molecule has 0 aliphatic carbocycles. The fourth-order valence-corrected chi connectivity index (χ4v) is 5.25. The lowest BCUT2D eigenvalue weighted by molar-refractivity contribution is -0.148. The SMILES string of the molecule is C#C[C@H](O[Si](C)(C)C(C)(C)C)[C@@H]1[C@H](C=O)C[C@H](C(=O)OCC)N1C(=O)OCC[Si](C)(C)C. The number of amides is 1. The molecule has 0 bridgehead atoms. The predicted octanol–water partition coefficient (Wildman–Crippen LogP) is 4.31. The monoisotopic (exact) mass is 483 g/mol. The predicted molar refractivity (Wildman–Crippen MR) is 131 cm³/mol. The summed E-state index contributed by atoms with van der Waals surface area (Å²) in [4.78, 5) is 39.2. The van der Waals surface area contributed by atoms with E-state index in [4.69, 9.17) is 20.3 Å². The zero-order valence-corrected chi connectivity index (χ0v) is 23.2. The summed E-state index contributed by atoms with van der Waals surface area (Å²) in [5.41, 5.74) is 0. The third kappa shape index (κ3) is 7.19. The highest BCUT2D eigenvalue weighted by Gasteiger charge is 2.53. The molecule has 1 aliphatic rings. The fraction of sp³-hybridized carbons (Fsp3) is 0.783. The van der Waals surface area contributed by atoms with Crippen molar-refractivity contribution in [3.63, 3.8) is 0 Å². The van der Waals surface area contributed by atoms with Gasteiger partial charge in [0.05, 0.1) is 19.3 Å². The summed E-state index contributed by atoms with van der Waals surface area (Å²) < 4.78 is 17.2. The van der Waals surface area contributed by atoms with Gasteiger partial charge in [-0.05, 0) is 37.5 Å². The summed E-state index contributed by atoms with van der Waals surface area (Å²) in [6.45, 7) is 19.0. The number of hydrogen-bond acceptors (Lipinski definition) is 6. The average Bonchev–Trinajstić information content (AvgIpc) is 3.04. The van der Waals surface area contributed by atoms with Gasteiger partial charge in [0.25, 0.3) is 0 Å². The number of hydrogen-bond donors (Lipinski definition) is 0. The molecule has 0 N–H and O–H groups in total. The molecule has 0 saturated carbocycles. The minimum absolute atomic E-state index is 0.124.